The van der Waals surface area contributed by atoms with Crippen molar-refractivity contribution in [3.63, 3.8) is 0 Å². The van der Waals surface area contributed by atoms with Gasteiger partial charge in [-0.05, 0) is 45.4 Å². The number of hydrogen-bond acceptors (Lipinski definition) is 6. The molecule has 156 valence electrons. The van der Waals surface area contributed by atoms with Gasteiger partial charge in [0.15, 0.2) is 6.10 Å². The first-order valence-electron chi connectivity index (χ1n) is 9.22. The average molecular weight is 420 g/mol. The third kappa shape index (κ3) is 4.26. The fourth-order valence-corrected chi connectivity index (χ4v) is 4.74. The maximum absolute atomic E-state index is 12.5. The minimum absolute atomic E-state index is 0.0893. The maximum atomic E-state index is 12.5. The lowest BCUT2D eigenvalue weighted by Gasteiger charge is -2.18. The molecule has 0 aliphatic carbocycles. The Hall–Kier alpha value is -2.88. The molecule has 1 amide bonds. The van der Waals surface area contributed by atoms with Gasteiger partial charge < -0.3 is 10.1 Å². The topological polar surface area (TPSA) is 111 Å². The zero-order valence-electron chi connectivity index (χ0n) is 16.8. The van der Waals surface area contributed by atoms with Crippen LogP contribution in [-0.2, 0) is 26.6 Å². The van der Waals surface area contributed by atoms with Gasteiger partial charge in [0.1, 0.15) is 0 Å². The molecule has 29 heavy (non-hydrogen) atoms. The summed E-state index contributed by atoms with van der Waals surface area (Å²) in [6.45, 7) is 5.45. The van der Waals surface area contributed by atoms with Crippen molar-refractivity contribution in [3.05, 3.63) is 41.2 Å². The van der Waals surface area contributed by atoms with Gasteiger partial charge in [0.2, 0.25) is 10.0 Å². The summed E-state index contributed by atoms with van der Waals surface area (Å²) in [6.07, 6.45) is -0.498. The molecule has 3 rings (SSSR count). The number of carbonyl (C=O) groups excluding carboxylic acids is 2. The number of ether oxygens (including phenoxy) is 1. The summed E-state index contributed by atoms with van der Waals surface area (Å²) in [5.41, 5.74) is 2.63. The van der Waals surface area contributed by atoms with Crippen LogP contribution in [0.1, 0.15) is 35.1 Å². The Kier molecular flexibility index (Phi) is 5.65. The molecule has 1 N–H and O–H groups in total. The van der Waals surface area contributed by atoms with Crippen LogP contribution >= 0.6 is 0 Å². The lowest BCUT2D eigenvalue weighted by atomic mass is 10.2. The summed E-state index contributed by atoms with van der Waals surface area (Å²) >= 11 is 0. The van der Waals surface area contributed by atoms with Crippen LogP contribution in [0.3, 0.4) is 0 Å². The van der Waals surface area contributed by atoms with Gasteiger partial charge in [0.05, 0.1) is 34.1 Å². The molecule has 1 atom stereocenters. The molecule has 10 heteroatoms. The summed E-state index contributed by atoms with van der Waals surface area (Å²) < 4.78 is 32.4. The van der Waals surface area contributed by atoms with E-state index in [1.807, 2.05) is 6.92 Å². The number of carbonyl (C=O) groups is 2. The largest absolute Gasteiger partial charge is 0.449 e. The number of anilines is 2. The van der Waals surface area contributed by atoms with Crippen LogP contribution in [-0.4, -0.2) is 48.5 Å². The number of aryl methyl sites for hydroxylation is 2. The van der Waals surface area contributed by atoms with E-state index in [0.29, 0.717) is 30.0 Å². The predicted molar refractivity (Wildman–Crippen MR) is 108 cm³/mol. The van der Waals surface area contributed by atoms with Crippen LogP contribution in [0.2, 0.25) is 0 Å². The third-order valence-corrected chi connectivity index (χ3v) is 6.75. The molecule has 0 saturated carbocycles. The normalized spacial score (nSPS) is 16.5. The highest BCUT2D eigenvalue weighted by Crippen LogP contribution is 2.25. The van der Waals surface area contributed by atoms with E-state index in [-0.39, 0.29) is 11.3 Å². The molecular formula is C19H24N4O5S. The number of esters is 1. The SMILES string of the molecule is Cc1nn(C)c(C)c1NC(=O)C(C)OC(=O)c1cccc(N2CCCS2(=O)=O)c1. The number of benzene rings is 1. The number of hydrogen-bond donors (Lipinski definition) is 1. The van der Waals surface area contributed by atoms with E-state index < -0.39 is 28.0 Å². The second-order valence-corrected chi connectivity index (χ2v) is 9.01. The van der Waals surface area contributed by atoms with Crippen molar-refractivity contribution in [3.8, 4) is 0 Å². The lowest BCUT2D eigenvalue weighted by Crippen LogP contribution is -2.30. The van der Waals surface area contributed by atoms with Crippen LogP contribution in [0.25, 0.3) is 0 Å². The first kappa shape index (κ1) is 20.8. The number of amides is 1. The number of sulfonamides is 1. The number of rotatable bonds is 5. The van der Waals surface area contributed by atoms with Gasteiger partial charge in [0.25, 0.3) is 5.91 Å². The van der Waals surface area contributed by atoms with Crippen molar-refractivity contribution in [2.75, 3.05) is 21.9 Å². The standard InChI is InChI=1S/C19H24N4O5S/c1-12-17(13(2)22(4)21-12)20-18(24)14(3)28-19(25)15-7-5-8-16(11-15)23-9-6-10-29(23,26)27/h5,7-8,11,14H,6,9-10H2,1-4H3,(H,20,24). The number of nitrogens with one attached hydrogen (secondary N) is 1. The Morgan fingerprint density at radius 1 is 1.28 bits per heavy atom. The second kappa shape index (κ2) is 7.86. The smallest absolute Gasteiger partial charge is 0.338 e. The Labute approximate surface area is 169 Å². The Morgan fingerprint density at radius 2 is 2.00 bits per heavy atom. The van der Waals surface area contributed by atoms with E-state index in [1.54, 1.807) is 30.8 Å². The molecule has 1 unspecified atom stereocenters. The monoisotopic (exact) mass is 420 g/mol. The zero-order valence-corrected chi connectivity index (χ0v) is 17.6. The molecule has 9 nitrogen and oxygen atoms in total. The summed E-state index contributed by atoms with van der Waals surface area (Å²) in [7, 11) is -1.58. The molecule has 0 bridgehead atoms. The molecule has 1 aliphatic heterocycles. The van der Waals surface area contributed by atoms with Crippen molar-refractivity contribution in [1.82, 2.24) is 9.78 Å². The van der Waals surface area contributed by atoms with Crippen LogP contribution in [0.15, 0.2) is 24.3 Å². The van der Waals surface area contributed by atoms with E-state index in [9.17, 15) is 18.0 Å². The van der Waals surface area contributed by atoms with Crippen LogP contribution in [0.5, 0.6) is 0 Å². The Balaban J connectivity index is 1.70. The van der Waals surface area contributed by atoms with E-state index in [0.717, 1.165) is 5.69 Å². The first-order chi connectivity index (χ1) is 13.6. The molecule has 1 fully saturated rings. The highest BCUT2D eigenvalue weighted by Gasteiger charge is 2.29. The second-order valence-electron chi connectivity index (χ2n) is 7.00. The van der Waals surface area contributed by atoms with Gasteiger partial charge in [-0.3, -0.25) is 13.8 Å². The summed E-state index contributed by atoms with van der Waals surface area (Å²) in [5, 5.41) is 6.97. The summed E-state index contributed by atoms with van der Waals surface area (Å²) in [6, 6.07) is 6.20. The van der Waals surface area contributed by atoms with E-state index in [4.69, 9.17) is 4.74 Å². The van der Waals surface area contributed by atoms with Gasteiger partial charge in [-0.1, -0.05) is 6.07 Å². The average Bonchev–Trinajstić information content (AvgIpc) is 3.14. The van der Waals surface area contributed by atoms with Gasteiger partial charge >= 0.3 is 5.97 Å². The molecule has 2 aromatic rings. The molecule has 0 radical (unpaired) electrons. The molecule has 2 heterocycles. The van der Waals surface area contributed by atoms with Gasteiger partial charge in [-0.2, -0.15) is 5.10 Å². The van der Waals surface area contributed by atoms with Crippen molar-refractivity contribution < 1.29 is 22.7 Å². The first-order valence-corrected chi connectivity index (χ1v) is 10.8. The Morgan fingerprint density at radius 3 is 2.59 bits per heavy atom. The molecule has 1 saturated heterocycles. The number of aromatic nitrogens is 2. The van der Waals surface area contributed by atoms with E-state index in [1.165, 1.54) is 23.4 Å². The van der Waals surface area contributed by atoms with Crippen molar-refractivity contribution in [2.45, 2.75) is 33.3 Å². The predicted octanol–water partition coefficient (Wildman–Crippen LogP) is 1.76. The highest BCUT2D eigenvalue weighted by molar-refractivity contribution is 7.93. The Bertz CT molecular complexity index is 1060. The molecule has 1 aliphatic rings. The zero-order chi connectivity index (χ0) is 21.3. The van der Waals surface area contributed by atoms with Gasteiger partial charge in [0, 0.05) is 13.6 Å². The quantitative estimate of drug-likeness (QED) is 0.738. The van der Waals surface area contributed by atoms with Crippen molar-refractivity contribution in [2.24, 2.45) is 7.05 Å². The lowest BCUT2D eigenvalue weighted by molar-refractivity contribution is -0.123. The summed E-state index contributed by atoms with van der Waals surface area (Å²) in [5.74, 6) is -1.09. The maximum Gasteiger partial charge on any atom is 0.338 e. The molecule has 1 aromatic heterocycles. The highest BCUT2D eigenvalue weighted by atomic mass is 32.2. The fraction of sp³-hybridized carbons (Fsp3) is 0.421. The fourth-order valence-electron chi connectivity index (χ4n) is 3.18. The number of nitrogens with zero attached hydrogens (tertiary/aromatic N) is 3. The molecule has 0 spiro atoms. The third-order valence-electron chi connectivity index (χ3n) is 4.88. The van der Waals surface area contributed by atoms with E-state index >= 15 is 0 Å². The van der Waals surface area contributed by atoms with E-state index in [2.05, 4.69) is 10.4 Å². The van der Waals surface area contributed by atoms with Crippen LogP contribution < -0.4 is 9.62 Å². The minimum Gasteiger partial charge on any atom is -0.449 e. The van der Waals surface area contributed by atoms with Gasteiger partial charge in [-0.15, -0.1) is 0 Å². The van der Waals surface area contributed by atoms with Crippen molar-refractivity contribution >= 4 is 33.3 Å². The van der Waals surface area contributed by atoms with Crippen LogP contribution in [0, 0.1) is 13.8 Å². The molecule has 1 aromatic carbocycles. The minimum atomic E-state index is -3.35. The van der Waals surface area contributed by atoms with Crippen molar-refractivity contribution in [1.29, 1.82) is 0 Å². The molecular weight excluding hydrogens is 396 g/mol. The van der Waals surface area contributed by atoms with Gasteiger partial charge in [-0.25, -0.2) is 13.2 Å². The van der Waals surface area contributed by atoms with Crippen LogP contribution in [0.4, 0.5) is 11.4 Å². The summed E-state index contributed by atoms with van der Waals surface area (Å²) in [4.78, 5) is 24.9.